The fourth-order valence-corrected chi connectivity index (χ4v) is 4.14. The van der Waals surface area contributed by atoms with Gasteiger partial charge in [-0.25, -0.2) is 9.78 Å². The van der Waals surface area contributed by atoms with E-state index in [1.54, 1.807) is 17.4 Å². The maximum Gasteiger partial charge on any atom is 0.346 e. The van der Waals surface area contributed by atoms with Crippen molar-refractivity contribution < 1.29 is 4.42 Å². The Labute approximate surface area is 142 Å². The summed E-state index contributed by atoms with van der Waals surface area (Å²) >= 11 is 6.51. The molecule has 1 aromatic carbocycles. The lowest BCUT2D eigenvalue weighted by Crippen LogP contribution is -2.02. The van der Waals surface area contributed by atoms with Crippen LogP contribution in [0.5, 0.6) is 0 Å². The largest absolute Gasteiger partial charge is 0.422 e. The summed E-state index contributed by atoms with van der Waals surface area (Å²) in [5.74, 6) is 0. The lowest BCUT2D eigenvalue weighted by atomic mass is 10.2. The molecule has 0 N–H and O–H groups in total. The number of thiophene rings is 1. The minimum absolute atomic E-state index is 0.359. The normalized spacial score (nSPS) is 11.1. The van der Waals surface area contributed by atoms with Crippen molar-refractivity contribution in [3.63, 3.8) is 0 Å². The molecule has 0 radical (unpaired) electrons. The summed E-state index contributed by atoms with van der Waals surface area (Å²) in [6.45, 7) is 0. The second kappa shape index (κ2) is 5.46. The minimum atomic E-state index is -0.359. The monoisotopic (exact) mass is 389 g/mol. The van der Waals surface area contributed by atoms with Crippen molar-refractivity contribution in [2.45, 2.75) is 0 Å². The van der Waals surface area contributed by atoms with Crippen LogP contribution in [0.25, 0.3) is 32.1 Å². The van der Waals surface area contributed by atoms with Gasteiger partial charge in [0, 0.05) is 15.2 Å². The Kier molecular flexibility index (Phi) is 3.44. The number of hydrogen-bond acceptors (Lipinski definition) is 5. The lowest BCUT2D eigenvalue weighted by Gasteiger charge is -2.00. The molecule has 4 aromatic rings. The van der Waals surface area contributed by atoms with E-state index >= 15 is 0 Å². The van der Waals surface area contributed by atoms with Gasteiger partial charge in [-0.3, -0.25) is 0 Å². The smallest absolute Gasteiger partial charge is 0.346 e. The molecular weight excluding hydrogens is 382 g/mol. The quantitative estimate of drug-likeness (QED) is 0.430. The summed E-state index contributed by atoms with van der Waals surface area (Å²) in [6.07, 6.45) is 0. The van der Waals surface area contributed by atoms with Crippen LogP contribution < -0.4 is 5.63 Å². The molecule has 0 saturated heterocycles. The first-order valence-corrected chi connectivity index (χ1v) is 8.99. The molecule has 0 saturated carbocycles. The molecule has 0 unspecified atom stereocenters. The van der Waals surface area contributed by atoms with Crippen molar-refractivity contribution in [1.29, 1.82) is 0 Å². The van der Waals surface area contributed by atoms with Crippen LogP contribution in [0.15, 0.2) is 60.8 Å². The zero-order valence-corrected chi connectivity index (χ0v) is 14.3. The molecule has 0 bridgehead atoms. The summed E-state index contributed by atoms with van der Waals surface area (Å²) in [6, 6.07) is 11.4. The molecule has 3 aromatic heterocycles. The van der Waals surface area contributed by atoms with Gasteiger partial charge >= 0.3 is 5.63 Å². The number of thiazole rings is 1. The Morgan fingerprint density at radius 3 is 2.86 bits per heavy atom. The van der Waals surface area contributed by atoms with E-state index in [-0.39, 0.29) is 5.63 Å². The molecule has 108 valence electrons. The van der Waals surface area contributed by atoms with Gasteiger partial charge in [0.2, 0.25) is 0 Å². The highest BCUT2D eigenvalue weighted by atomic mass is 79.9. The molecule has 0 amide bonds. The Bertz CT molecular complexity index is 1020. The minimum Gasteiger partial charge on any atom is -0.422 e. The second-order valence-electron chi connectivity index (χ2n) is 4.64. The van der Waals surface area contributed by atoms with Gasteiger partial charge in [-0.05, 0) is 35.7 Å². The summed E-state index contributed by atoms with van der Waals surface area (Å²) in [4.78, 5) is 17.9. The standard InChI is InChI=1S/C16H8BrNO2S2/c17-10-3-4-13-9(6-10)7-11(16(19)20-13)15-18-12(8-22-15)14-2-1-5-21-14/h1-8H. The number of benzene rings is 1. The molecule has 3 heterocycles. The highest BCUT2D eigenvalue weighted by Crippen LogP contribution is 2.31. The first kappa shape index (κ1) is 13.9. The number of halogens is 1. The van der Waals surface area contributed by atoms with Gasteiger partial charge in [0.25, 0.3) is 0 Å². The van der Waals surface area contributed by atoms with Crippen LogP contribution in [-0.2, 0) is 0 Å². The van der Waals surface area contributed by atoms with Gasteiger partial charge in [0.15, 0.2) is 0 Å². The predicted molar refractivity (Wildman–Crippen MR) is 94.6 cm³/mol. The maximum atomic E-state index is 12.2. The summed E-state index contributed by atoms with van der Waals surface area (Å²) < 4.78 is 6.34. The molecule has 0 aliphatic rings. The van der Waals surface area contributed by atoms with E-state index in [1.165, 1.54) is 11.3 Å². The van der Waals surface area contributed by atoms with E-state index < -0.39 is 0 Å². The van der Waals surface area contributed by atoms with E-state index in [9.17, 15) is 4.79 Å². The zero-order chi connectivity index (χ0) is 15.1. The number of fused-ring (bicyclic) bond motifs is 1. The highest BCUT2D eigenvalue weighted by molar-refractivity contribution is 9.10. The Hall–Kier alpha value is -1.76. The fourth-order valence-electron chi connectivity index (χ4n) is 2.18. The third-order valence-corrected chi connectivity index (χ3v) is 5.46. The molecule has 22 heavy (non-hydrogen) atoms. The van der Waals surface area contributed by atoms with Crippen molar-refractivity contribution in [2.24, 2.45) is 0 Å². The lowest BCUT2D eigenvalue weighted by molar-refractivity contribution is 0.563. The maximum absolute atomic E-state index is 12.2. The van der Waals surface area contributed by atoms with E-state index in [0.29, 0.717) is 16.2 Å². The Morgan fingerprint density at radius 2 is 2.05 bits per heavy atom. The number of rotatable bonds is 2. The molecule has 0 spiro atoms. The molecule has 0 aliphatic carbocycles. The van der Waals surface area contributed by atoms with Gasteiger partial charge < -0.3 is 4.42 Å². The fraction of sp³-hybridized carbons (Fsp3) is 0. The number of aromatic nitrogens is 1. The first-order chi connectivity index (χ1) is 10.7. The van der Waals surface area contributed by atoms with Gasteiger partial charge in [-0.2, -0.15) is 0 Å². The average Bonchev–Trinajstić information content (AvgIpc) is 3.17. The molecule has 3 nitrogen and oxygen atoms in total. The Balaban J connectivity index is 1.87. The first-order valence-electron chi connectivity index (χ1n) is 6.44. The third kappa shape index (κ3) is 2.43. The SMILES string of the molecule is O=c1oc2ccc(Br)cc2cc1-c1nc(-c2cccs2)cs1. The summed E-state index contributed by atoms with van der Waals surface area (Å²) in [7, 11) is 0. The second-order valence-corrected chi connectivity index (χ2v) is 7.37. The van der Waals surface area contributed by atoms with E-state index in [0.717, 1.165) is 20.4 Å². The highest BCUT2D eigenvalue weighted by Gasteiger charge is 2.13. The van der Waals surface area contributed by atoms with Crippen LogP contribution in [0.4, 0.5) is 0 Å². The Morgan fingerprint density at radius 1 is 1.14 bits per heavy atom. The van der Waals surface area contributed by atoms with Crippen LogP contribution >= 0.6 is 38.6 Å². The summed E-state index contributed by atoms with van der Waals surface area (Å²) in [5.41, 5.74) is 1.61. The predicted octanol–water partition coefficient (Wildman–Crippen LogP) is 5.41. The number of hydrogen-bond donors (Lipinski definition) is 0. The van der Waals surface area contributed by atoms with Gasteiger partial charge in [-0.1, -0.05) is 22.0 Å². The average molecular weight is 390 g/mol. The molecule has 6 heteroatoms. The van der Waals surface area contributed by atoms with Crippen LogP contribution in [-0.4, -0.2) is 4.98 Å². The van der Waals surface area contributed by atoms with E-state index in [4.69, 9.17) is 4.42 Å². The van der Waals surface area contributed by atoms with Crippen LogP contribution in [0, 0.1) is 0 Å². The van der Waals surface area contributed by atoms with Crippen LogP contribution in [0.2, 0.25) is 0 Å². The van der Waals surface area contributed by atoms with Crippen molar-refractivity contribution in [2.75, 3.05) is 0 Å². The molecular formula is C16H8BrNO2S2. The van der Waals surface area contributed by atoms with E-state index in [1.807, 2.05) is 41.1 Å². The molecule has 0 atom stereocenters. The van der Waals surface area contributed by atoms with Gasteiger partial charge in [0.05, 0.1) is 16.1 Å². The van der Waals surface area contributed by atoms with Crippen LogP contribution in [0.3, 0.4) is 0 Å². The van der Waals surface area contributed by atoms with Crippen molar-refractivity contribution in [3.05, 3.63) is 62.1 Å². The van der Waals surface area contributed by atoms with Gasteiger partial charge in [0.1, 0.15) is 10.6 Å². The summed E-state index contributed by atoms with van der Waals surface area (Å²) in [5, 5.41) is 5.53. The molecule has 0 aliphatic heterocycles. The van der Waals surface area contributed by atoms with Gasteiger partial charge in [-0.15, -0.1) is 22.7 Å². The molecule has 0 fully saturated rings. The number of nitrogens with zero attached hydrogens (tertiary/aromatic N) is 1. The topological polar surface area (TPSA) is 43.1 Å². The molecule has 4 rings (SSSR count). The van der Waals surface area contributed by atoms with Crippen LogP contribution in [0.1, 0.15) is 0 Å². The van der Waals surface area contributed by atoms with Crippen molar-refractivity contribution >= 4 is 49.6 Å². The van der Waals surface area contributed by atoms with E-state index in [2.05, 4.69) is 20.9 Å². The van der Waals surface area contributed by atoms with Crippen molar-refractivity contribution in [1.82, 2.24) is 4.98 Å². The third-order valence-electron chi connectivity index (χ3n) is 3.20. The van der Waals surface area contributed by atoms with Crippen molar-refractivity contribution in [3.8, 4) is 21.1 Å². The zero-order valence-electron chi connectivity index (χ0n) is 11.1.